The standard InChI is InChI=1S/C20H20F3N5OS/c1-10-2-5-12(19(29,9-24)20(21,22)23)6-13(10)14-7-26-17(25)16(28-14)15-8-27-18(30-15)11-3-4-11/h2,5-8,11,29H,3-4,9,24H2,1H3,(H2,25,26). The van der Waals surface area contributed by atoms with Crippen LogP contribution in [0, 0.1) is 6.92 Å². The summed E-state index contributed by atoms with van der Waals surface area (Å²) in [6, 6.07) is 3.96. The van der Waals surface area contributed by atoms with Crippen molar-refractivity contribution in [2.45, 2.75) is 37.5 Å². The van der Waals surface area contributed by atoms with Crippen molar-refractivity contribution in [3.8, 4) is 21.8 Å². The van der Waals surface area contributed by atoms with Crippen LogP contribution >= 0.6 is 11.3 Å². The van der Waals surface area contributed by atoms with Gasteiger partial charge in [0.25, 0.3) is 0 Å². The first kappa shape index (κ1) is 20.7. The minimum atomic E-state index is -4.92. The molecule has 0 bridgehead atoms. The zero-order chi connectivity index (χ0) is 21.7. The summed E-state index contributed by atoms with van der Waals surface area (Å²) in [5.41, 5.74) is 9.66. The van der Waals surface area contributed by atoms with Crippen LogP contribution in [0.3, 0.4) is 0 Å². The maximum atomic E-state index is 13.5. The third-order valence-electron chi connectivity index (χ3n) is 5.24. The summed E-state index contributed by atoms with van der Waals surface area (Å²) in [6.07, 6.45) is 0.409. The lowest BCUT2D eigenvalue weighted by Gasteiger charge is -2.30. The van der Waals surface area contributed by atoms with Gasteiger partial charge in [0.2, 0.25) is 0 Å². The van der Waals surface area contributed by atoms with E-state index in [2.05, 4.69) is 15.0 Å². The van der Waals surface area contributed by atoms with Gasteiger partial charge in [0.15, 0.2) is 11.4 Å². The molecule has 1 aromatic carbocycles. The molecule has 1 unspecified atom stereocenters. The van der Waals surface area contributed by atoms with Gasteiger partial charge in [-0.1, -0.05) is 12.1 Å². The van der Waals surface area contributed by atoms with Crippen LogP contribution in [-0.4, -0.2) is 32.8 Å². The number of nitrogen functional groups attached to an aromatic ring is 1. The first-order valence-corrected chi connectivity index (χ1v) is 10.1. The van der Waals surface area contributed by atoms with Crippen LogP contribution in [0.25, 0.3) is 21.8 Å². The number of alkyl halides is 3. The summed E-state index contributed by atoms with van der Waals surface area (Å²) < 4.78 is 40.4. The third-order valence-corrected chi connectivity index (χ3v) is 6.41. The molecule has 5 N–H and O–H groups in total. The predicted molar refractivity (Wildman–Crippen MR) is 109 cm³/mol. The van der Waals surface area contributed by atoms with Gasteiger partial charge in [0.05, 0.1) is 21.8 Å². The smallest absolute Gasteiger partial charge is 0.382 e. The molecule has 10 heteroatoms. The number of aromatic nitrogens is 3. The summed E-state index contributed by atoms with van der Waals surface area (Å²) in [5, 5.41) is 11.2. The largest absolute Gasteiger partial charge is 0.422 e. The van der Waals surface area contributed by atoms with E-state index in [0.717, 1.165) is 22.7 Å². The summed E-state index contributed by atoms with van der Waals surface area (Å²) >= 11 is 1.49. The molecule has 0 saturated heterocycles. The van der Waals surface area contributed by atoms with Gasteiger partial charge in [0, 0.05) is 24.2 Å². The summed E-state index contributed by atoms with van der Waals surface area (Å²) in [6.45, 7) is 0.742. The van der Waals surface area contributed by atoms with Crippen molar-refractivity contribution < 1.29 is 18.3 Å². The average Bonchev–Trinajstić information content (AvgIpc) is 3.44. The van der Waals surface area contributed by atoms with E-state index in [1.54, 1.807) is 13.1 Å². The molecule has 3 aromatic rings. The normalized spacial score (nSPS) is 16.5. The molecule has 1 aliphatic rings. The van der Waals surface area contributed by atoms with E-state index in [1.165, 1.54) is 35.7 Å². The van der Waals surface area contributed by atoms with Crippen LogP contribution in [0.4, 0.5) is 19.0 Å². The van der Waals surface area contributed by atoms with Crippen molar-refractivity contribution in [1.29, 1.82) is 0 Å². The fourth-order valence-electron chi connectivity index (χ4n) is 3.18. The number of aliphatic hydroxyl groups is 1. The van der Waals surface area contributed by atoms with Crippen LogP contribution in [0.2, 0.25) is 0 Å². The van der Waals surface area contributed by atoms with Crippen LogP contribution in [-0.2, 0) is 5.60 Å². The Morgan fingerprint density at radius 1 is 1.20 bits per heavy atom. The molecule has 1 atom stereocenters. The quantitative estimate of drug-likeness (QED) is 0.563. The zero-order valence-corrected chi connectivity index (χ0v) is 16.9. The molecule has 0 amide bonds. The molecule has 2 heterocycles. The molecule has 4 rings (SSSR count). The van der Waals surface area contributed by atoms with Gasteiger partial charge in [-0.05, 0) is 37.0 Å². The first-order valence-electron chi connectivity index (χ1n) is 9.33. The van der Waals surface area contributed by atoms with Crippen molar-refractivity contribution in [1.82, 2.24) is 15.0 Å². The number of nitrogens with two attached hydrogens (primary N) is 2. The van der Waals surface area contributed by atoms with Crippen LogP contribution in [0.15, 0.2) is 30.6 Å². The molecular weight excluding hydrogens is 415 g/mol. The maximum Gasteiger partial charge on any atom is 0.422 e. The molecule has 30 heavy (non-hydrogen) atoms. The Balaban J connectivity index is 1.79. The number of rotatable bonds is 5. The second-order valence-corrected chi connectivity index (χ2v) is 8.48. The average molecular weight is 435 g/mol. The molecule has 1 fully saturated rings. The van der Waals surface area contributed by atoms with Gasteiger partial charge < -0.3 is 16.6 Å². The Bertz CT molecular complexity index is 1100. The van der Waals surface area contributed by atoms with Crippen LogP contribution in [0.5, 0.6) is 0 Å². The van der Waals surface area contributed by atoms with E-state index in [9.17, 15) is 18.3 Å². The van der Waals surface area contributed by atoms with E-state index < -0.39 is 18.3 Å². The monoisotopic (exact) mass is 435 g/mol. The molecule has 0 aliphatic heterocycles. The van der Waals surface area contributed by atoms with Crippen molar-refractivity contribution in [3.63, 3.8) is 0 Å². The fraction of sp³-hybridized carbons (Fsp3) is 0.350. The molecule has 0 spiro atoms. The Hall–Kier alpha value is -2.56. The van der Waals surface area contributed by atoms with Crippen molar-refractivity contribution in [2.75, 3.05) is 12.3 Å². The van der Waals surface area contributed by atoms with Gasteiger partial charge in [-0.3, -0.25) is 0 Å². The number of halogens is 3. The third kappa shape index (κ3) is 3.55. The SMILES string of the molecule is Cc1ccc(C(O)(CN)C(F)(F)F)cc1-c1cnc(N)c(-c2cnc(C3CC3)s2)n1. The summed E-state index contributed by atoms with van der Waals surface area (Å²) in [4.78, 5) is 13.9. The number of thiazole rings is 1. The van der Waals surface area contributed by atoms with Gasteiger partial charge in [0.1, 0.15) is 5.69 Å². The van der Waals surface area contributed by atoms with Crippen LogP contribution in [0.1, 0.15) is 34.9 Å². The Morgan fingerprint density at radius 2 is 1.93 bits per heavy atom. The summed E-state index contributed by atoms with van der Waals surface area (Å²) in [7, 11) is 0. The number of nitrogens with zero attached hydrogens (tertiary/aromatic N) is 3. The van der Waals surface area contributed by atoms with E-state index in [4.69, 9.17) is 11.5 Å². The highest BCUT2D eigenvalue weighted by atomic mass is 32.1. The van der Waals surface area contributed by atoms with Crippen molar-refractivity contribution >= 4 is 17.2 Å². The minimum Gasteiger partial charge on any atom is -0.382 e. The van der Waals surface area contributed by atoms with E-state index >= 15 is 0 Å². The number of hydrogen-bond acceptors (Lipinski definition) is 7. The lowest BCUT2D eigenvalue weighted by atomic mass is 9.89. The second-order valence-electron chi connectivity index (χ2n) is 7.42. The van der Waals surface area contributed by atoms with Crippen molar-refractivity contribution in [3.05, 3.63) is 46.7 Å². The van der Waals surface area contributed by atoms with E-state index in [-0.39, 0.29) is 11.4 Å². The lowest BCUT2D eigenvalue weighted by Crippen LogP contribution is -2.48. The van der Waals surface area contributed by atoms with Gasteiger partial charge in [-0.15, -0.1) is 11.3 Å². The molecular formula is C20H20F3N5OS. The van der Waals surface area contributed by atoms with E-state index in [0.29, 0.717) is 28.4 Å². The Labute approximate surface area is 174 Å². The second kappa shape index (κ2) is 7.29. The topological polar surface area (TPSA) is 111 Å². The number of anilines is 1. The first-order chi connectivity index (χ1) is 14.1. The van der Waals surface area contributed by atoms with Gasteiger partial charge >= 0.3 is 6.18 Å². The van der Waals surface area contributed by atoms with Gasteiger partial charge in [-0.25, -0.2) is 15.0 Å². The number of benzene rings is 1. The van der Waals surface area contributed by atoms with Gasteiger partial charge in [-0.2, -0.15) is 13.2 Å². The molecule has 6 nitrogen and oxygen atoms in total. The highest BCUT2D eigenvalue weighted by Gasteiger charge is 2.54. The van der Waals surface area contributed by atoms with Crippen LogP contribution < -0.4 is 11.5 Å². The van der Waals surface area contributed by atoms with Crippen molar-refractivity contribution in [2.24, 2.45) is 5.73 Å². The van der Waals surface area contributed by atoms with E-state index in [1.807, 2.05) is 0 Å². The molecule has 158 valence electrons. The minimum absolute atomic E-state index is 0.215. The highest BCUT2D eigenvalue weighted by molar-refractivity contribution is 7.15. The fourth-order valence-corrected chi connectivity index (χ4v) is 4.26. The molecule has 0 radical (unpaired) electrons. The Morgan fingerprint density at radius 3 is 2.57 bits per heavy atom. The predicted octanol–water partition coefficient (Wildman–Crippen LogP) is 3.74. The molecule has 1 saturated carbocycles. The maximum absolute atomic E-state index is 13.5. The lowest BCUT2D eigenvalue weighted by molar-refractivity contribution is -0.262. The highest BCUT2D eigenvalue weighted by Crippen LogP contribution is 2.44. The number of aryl methyl sites for hydroxylation is 1. The zero-order valence-electron chi connectivity index (χ0n) is 16.1. The number of hydrogen-bond donors (Lipinski definition) is 3. The summed E-state index contributed by atoms with van der Waals surface area (Å²) in [5.74, 6) is 0.698. The molecule has 1 aliphatic carbocycles. The Kier molecular flexibility index (Phi) is 5.03. The molecule has 2 aromatic heterocycles.